The summed E-state index contributed by atoms with van der Waals surface area (Å²) in [6.07, 6.45) is 1.77. The number of aromatic nitrogens is 2. The SMILES string of the molecule is COCCn1c(C)cc(O)c([C@@H](c2cccc(F)c2)N2CCN(c3ccccn3)CC2)c1=O. The highest BCUT2D eigenvalue weighted by Gasteiger charge is 2.32. The number of halogens is 1. The number of nitrogens with zero attached hydrogens (tertiary/aromatic N) is 4. The molecule has 1 N–H and O–H groups in total. The first-order valence-corrected chi connectivity index (χ1v) is 11.1. The first-order chi connectivity index (χ1) is 16.0. The lowest BCUT2D eigenvalue weighted by Gasteiger charge is -2.40. The molecule has 1 aromatic carbocycles. The number of aromatic hydroxyl groups is 1. The Hall–Kier alpha value is -3.23. The van der Waals surface area contributed by atoms with E-state index in [0.29, 0.717) is 50.6 Å². The van der Waals surface area contributed by atoms with Crippen LogP contribution < -0.4 is 10.5 Å². The van der Waals surface area contributed by atoms with Crippen molar-refractivity contribution < 1.29 is 14.2 Å². The Morgan fingerprint density at radius 3 is 2.58 bits per heavy atom. The van der Waals surface area contributed by atoms with Gasteiger partial charge in [-0.1, -0.05) is 18.2 Å². The molecular formula is C25H29FN4O3. The maximum Gasteiger partial charge on any atom is 0.259 e. The second kappa shape index (κ2) is 10.1. The van der Waals surface area contributed by atoms with E-state index in [1.54, 1.807) is 43.0 Å². The molecule has 0 spiro atoms. The number of methoxy groups -OCH3 is 1. The Balaban J connectivity index is 1.73. The molecule has 1 aliphatic rings. The molecule has 8 heteroatoms. The highest BCUT2D eigenvalue weighted by Crippen LogP contribution is 2.34. The van der Waals surface area contributed by atoms with Crippen LogP contribution in [-0.2, 0) is 11.3 Å². The van der Waals surface area contributed by atoms with Crippen LogP contribution in [0.2, 0.25) is 0 Å². The number of hydrogen-bond acceptors (Lipinski definition) is 6. The van der Waals surface area contributed by atoms with E-state index in [0.717, 1.165) is 5.82 Å². The number of ether oxygens (including phenoxy) is 1. The average Bonchev–Trinajstić information content (AvgIpc) is 2.82. The number of aryl methyl sites for hydroxylation is 1. The molecule has 3 aromatic rings. The topological polar surface area (TPSA) is 70.8 Å². The fourth-order valence-electron chi connectivity index (χ4n) is 4.47. The summed E-state index contributed by atoms with van der Waals surface area (Å²) in [6, 6.07) is 13.1. The summed E-state index contributed by atoms with van der Waals surface area (Å²) in [5, 5.41) is 10.9. The zero-order valence-electron chi connectivity index (χ0n) is 18.9. The van der Waals surface area contributed by atoms with Gasteiger partial charge in [-0.25, -0.2) is 9.37 Å². The molecule has 3 heterocycles. The van der Waals surface area contributed by atoms with Gasteiger partial charge in [-0.15, -0.1) is 0 Å². The molecule has 1 atom stereocenters. The van der Waals surface area contributed by atoms with Crippen molar-refractivity contribution in [3.8, 4) is 5.75 Å². The van der Waals surface area contributed by atoms with Crippen molar-refractivity contribution in [3.05, 3.63) is 87.7 Å². The van der Waals surface area contributed by atoms with Crippen molar-refractivity contribution >= 4 is 5.82 Å². The lowest BCUT2D eigenvalue weighted by Crippen LogP contribution is -2.49. The summed E-state index contributed by atoms with van der Waals surface area (Å²) in [5.74, 6) is 0.447. The van der Waals surface area contributed by atoms with Crippen molar-refractivity contribution in [2.24, 2.45) is 0 Å². The minimum Gasteiger partial charge on any atom is -0.507 e. The summed E-state index contributed by atoms with van der Waals surface area (Å²) in [7, 11) is 1.58. The van der Waals surface area contributed by atoms with E-state index in [9.17, 15) is 14.3 Å². The van der Waals surface area contributed by atoms with Crippen molar-refractivity contribution in [1.82, 2.24) is 14.5 Å². The predicted octanol–water partition coefficient (Wildman–Crippen LogP) is 2.95. The second-order valence-corrected chi connectivity index (χ2v) is 8.20. The first-order valence-electron chi connectivity index (χ1n) is 11.1. The van der Waals surface area contributed by atoms with Gasteiger partial charge in [0.25, 0.3) is 5.56 Å². The number of anilines is 1. The van der Waals surface area contributed by atoms with Gasteiger partial charge in [0.2, 0.25) is 0 Å². The molecule has 0 bridgehead atoms. The molecule has 174 valence electrons. The summed E-state index contributed by atoms with van der Waals surface area (Å²) in [5.41, 5.74) is 1.26. The lowest BCUT2D eigenvalue weighted by atomic mass is 9.96. The van der Waals surface area contributed by atoms with E-state index >= 15 is 0 Å². The standard InChI is InChI=1S/C25H29FN4O3/c1-18-16-21(31)23(25(32)30(18)14-15-33-2)24(19-6-5-7-20(26)17-19)29-12-10-28(11-13-29)22-8-3-4-9-27-22/h3-9,16-17,24,31H,10-15H2,1-2H3/t24-/m1/s1. The molecule has 0 saturated carbocycles. The van der Waals surface area contributed by atoms with E-state index in [1.807, 2.05) is 18.2 Å². The Bertz CT molecular complexity index is 1140. The average molecular weight is 453 g/mol. The fraction of sp³-hybridized carbons (Fsp3) is 0.360. The largest absolute Gasteiger partial charge is 0.507 e. The molecule has 1 aliphatic heterocycles. The van der Waals surface area contributed by atoms with Gasteiger partial charge in [0, 0.05) is 51.7 Å². The minimum absolute atomic E-state index is 0.0763. The number of rotatable bonds is 7. The van der Waals surface area contributed by atoms with Gasteiger partial charge in [-0.3, -0.25) is 9.69 Å². The van der Waals surface area contributed by atoms with Crippen molar-refractivity contribution in [2.75, 3.05) is 44.8 Å². The Morgan fingerprint density at radius 2 is 1.91 bits per heavy atom. The van der Waals surface area contributed by atoms with E-state index in [-0.39, 0.29) is 22.7 Å². The van der Waals surface area contributed by atoms with Gasteiger partial charge >= 0.3 is 0 Å². The van der Waals surface area contributed by atoms with Crippen LogP contribution in [0.15, 0.2) is 59.5 Å². The number of benzene rings is 1. The van der Waals surface area contributed by atoms with Crippen molar-refractivity contribution in [3.63, 3.8) is 0 Å². The van der Waals surface area contributed by atoms with Crippen molar-refractivity contribution in [1.29, 1.82) is 0 Å². The molecule has 7 nitrogen and oxygen atoms in total. The van der Waals surface area contributed by atoms with E-state index < -0.39 is 6.04 Å². The van der Waals surface area contributed by atoms with E-state index in [2.05, 4.69) is 14.8 Å². The molecule has 2 aromatic heterocycles. The maximum absolute atomic E-state index is 14.2. The first kappa shape index (κ1) is 22.9. The molecular weight excluding hydrogens is 423 g/mol. The molecule has 4 rings (SSSR count). The van der Waals surface area contributed by atoms with Gasteiger partial charge in [-0.05, 0) is 42.8 Å². The summed E-state index contributed by atoms with van der Waals surface area (Å²) >= 11 is 0. The molecule has 0 unspecified atom stereocenters. The van der Waals surface area contributed by atoms with Gasteiger partial charge in [0.15, 0.2) is 0 Å². The van der Waals surface area contributed by atoms with Crippen LogP contribution in [0.1, 0.15) is 22.9 Å². The number of pyridine rings is 2. The molecule has 0 aliphatic carbocycles. The third-order valence-electron chi connectivity index (χ3n) is 6.13. The van der Waals surface area contributed by atoms with Crippen LogP contribution in [0.3, 0.4) is 0 Å². The van der Waals surface area contributed by atoms with Crippen LogP contribution in [-0.4, -0.2) is 59.5 Å². The zero-order chi connectivity index (χ0) is 23.4. The van der Waals surface area contributed by atoms with Gasteiger partial charge < -0.3 is 19.3 Å². The molecule has 1 fully saturated rings. The Kier molecular flexibility index (Phi) is 7.05. The monoisotopic (exact) mass is 452 g/mol. The lowest BCUT2D eigenvalue weighted by molar-refractivity contribution is 0.183. The summed E-state index contributed by atoms with van der Waals surface area (Å²) < 4.78 is 21.0. The highest BCUT2D eigenvalue weighted by atomic mass is 19.1. The number of hydrogen-bond donors (Lipinski definition) is 1. The summed E-state index contributed by atoms with van der Waals surface area (Å²) in [4.78, 5) is 22.3. The molecule has 1 saturated heterocycles. The van der Waals surface area contributed by atoms with E-state index in [1.165, 1.54) is 12.1 Å². The Labute approximate surface area is 192 Å². The van der Waals surface area contributed by atoms with Crippen LogP contribution >= 0.6 is 0 Å². The van der Waals surface area contributed by atoms with E-state index in [4.69, 9.17) is 4.74 Å². The zero-order valence-corrected chi connectivity index (χ0v) is 18.9. The van der Waals surface area contributed by atoms with Crippen molar-refractivity contribution in [2.45, 2.75) is 19.5 Å². The number of piperazine rings is 1. The van der Waals surface area contributed by atoms with Crippen LogP contribution in [0.4, 0.5) is 10.2 Å². The second-order valence-electron chi connectivity index (χ2n) is 8.20. The normalized spacial score (nSPS) is 15.5. The smallest absolute Gasteiger partial charge is 0.259 e. The third-order valence-corrected chi connectivity index (χ3v) is 6.13. The summed E-state index contributed by atoms with van der Waals surface area (Å²) in [6.45, 7) is 5.19. The molecule has 33 heavy (non-hydrogen) atoms. The Morgan fingerprint density at radius 1 is 1.12 bits per heavy atom. The minimum atomic E-state index is -0.575. The van der Waals surface area contributed by atoms with Gasteiger partial charge in [-0.2, -0.15) is 0 Å². The van der Waals surface area contributed by atoms with Gasteiger partial charge in [0.1, 0.15) is 17.4 Å². The van der Waals surface area contributed by atoms with Gasteiger partial charge in [0.05, 0.1) is 18.2 Å². The predicted molar refractivity (Wildman–Crippen MR) is 125 cm³/mol. The molecule has 0 radical (unpaired) electrons. The fourth-order valence-corrected chi connectivity index (χ4v) is 4.47. The molecule has 0 amide bonds. The van der Waals surface area contributed by atoms with Crippen LogP contribution in [0.5, 0.6) is 5.75 Å². The quantitative estimate of drug-likeness (QED) is 0.595. The highest BCUT2D eigenvalue weighted by molar-refractivity contribution is 5.42. The van der Waals surface area contributed by atoms with Crippen LogP contribution in [0.25, 0.3) is 0 Å². The maximum atomic E-state index is 14.2. The third kappa shape index (κ3) is 4.91. The van der Waals surface area contributed by atoms with Crippen LogP contribution in [0, 0.1) is 12.7 Å².